The van der Waals surface area contributed by atoms with Crippen molar-refractivity contribution < 1.29 is 9.90 Å². The van der Waals surface area contributed by atoms with E-state index in [1.54, 1.807) is 0 Å². The molecule has 0 aromatic rings. The fourth-order valence-electron chi connectivity index (χ4n) is 3.01. The van der Waals surface area contributed by atoms with Crippen LogP contribution < -0.4 is 5.32 Å². The Morgan fingerprint density at radius 3 is 2.65 bits per heavy atom. The molecule has 1 aliphatic carbocycles. The van der Waals surface area contributed by atoms with Gasteiger partial charge < -0.3 is 10.4 Å². The predicted octanol–water partition coefficient (Wildman–Crippen LogP) is 0.892. The first-order valence-electron chi connectivity index (χ1n) is 6.94. The van der Waals surface area contributed by atoms with Gasteiger partial charge in [-0.25, -0.2) is 0 Å². The molecular formula is C13H24N2O2. The molecule has 4 nitrogen and oxygen atoms in total. The molecule has 1 unspecified atom stereocenters. The van der Waals surface area contributed by atoms with Crippen molar-refractivity contribution in [2.24, 2.45) is 0 Å². The van der Waals surface area contributed by atoms with E-state index in [1.807, 2.05) is 0 Å². The molecule has 17 heavy (non-hydrogen) atoms. The quantitative estimate of drug-likeness (QED) is 0.767. The molecule has 0 bridgehead atoms. The Hall–Kier alpha value is -0.610. The molecule has 1 saturated carbocycles. The third kappa shape index (κ3) is 3.68. The van der Waals surface area contributed by atoms with Crippen LogP contribution in [0.5, 0.6) is 0 Å². The minimum absolute atomic E-state index is 0.136. The zero-order chi connectivity index (χ0) is 12.1. The first-order chi connectivity index (χ1) is 8.29. The van der Waals surface area contributed by atoms with E-state index in [9.17, 15) is 9.90 Å². The maximum atomic E-state index is 11.9. The Bertz CT molecular complexity index is 252. The van der Waals surface area contributed by atoms with Crippen LogP contribution in [0.15, 0.2) is 0 Å². The van der Waals surface area contributed by atoms with E-state index in [2.05, 4.69) is 10.2 Å². The normalized spacial score (nSPS) is 27.2. The highest BCUT2D eigenvalue weighted by Crippen LogP contribution is 2.18. The minimum atomic E-state index is 0.136. The van der Waals surface area contributed by atoms with E-state index in [0.29, 0.717) is 12.6 Å². The summed E-state index contributed by atoms with van der Waals surface area (Å²) >= 11 is 0. The summed E-state index contributed by atoms with van der Waals surface area (Å²) in [6.45, 7) is 1.59. The summed E-state index contributed by atoms with van der Waals surface area (Å²) in [5.41, 5.74) is 0. The van der Waals surface area contributed by atoms with Crippen molar-refractivity contribution in [1.29, 1.82) is 0 Å². The number of rotatable bonds is 4. The summed E-state index contributed by atoms with van der Waals surface area (Å²) in [5, 5.41) is 12.3. The Morgan fingerprint density at radius 1 is 1.18 bits per heavy atom. The average Bonchev–Trinajstić information content (AvgIpc) is 2.77. The van der Waals surface area contributed by atoms with Gasteiger partial charge in [0, 0.05) is 12.1 Å². The lowest BCUT2D eigenvalue weighted by Crippen LogP contribution is -2.44. The smallest absolute Gasteiger partial charge is 0.234 e. The Morgan fingerprint density at radius 2 is 1.94 bits per heavy atom. The summed E-state index contributed by atoms with van der Waals surface area (Å²) < 4.78 is 0. The van der Waals surface area contributed by atoms with Gasteiger partial charge in [-0.05, 0) is 32.2 Å². The molecule has 2 rings (SSSR count). The second-order valence-corrected chi connectivity index (χ2v) is 5.35. The number of carbonyl (C=O) groups excluding carboxylic acids is 1. The van der Waals surface area contributed by atoms with E-state index in [0.717, 1.165) is 32.2 Å². The van der Waals surface area contributed by atoms with Crippen LogP contribution in [0.25, 0.3) is 0 Å². The highest BCUT2D eigenvalue weighted by Gasteiger charge is 2.26. The molecule has 0 radical (unpaired) electrons. The third-order valence-corrected chi connectivity index (χ3v) is 4.03. The number of likely N-dealkylation sites (tertiary alicyclic amines) is 1. The average molecular weight is 240 g/mol. The van der Waals surface area contributed by atoms with Crippen LogP contribution in [0.2, 0.25) is 0 Å². The highest BCUT2D eigenvalue weighted by molar-refractivity contribution is 5.78. The zero-order valence-corrected chi connectivity index (χ0v) is 10.5. The van der Waals surface area contributed by atoms with Gasteiger partial charge in [-0.1, -0.05) is 19.3 Å². The SMILES string of the molecule is O=C(CN1CCCC1CO)NC1CCCCC1. The van der Waals surface area contributed by atoms with Crippen LogP contribution in [-0.4, -0.2) is 47.7 Å². The van der Waals surface area contributed by atoms with Gasteiger partial charge in [0.25, 0.3) is 0 Å². The number of amides is 1. The van der Waals surface area contributed by atoms with Gasteiger partial charge in [0.05, 0.1) is 13.2 Å². The van der Waals surface area contributed by atoms with Crippen LogP contribution in [0.3, 0.4) is 0 Å². The van der Waals surface area contributed by atoms with Crippen molar-refractivity contribution in [3.63, 3.8) is 0 Å². The van der Waals surface area contributed by atoms with Gasteiger partial charge in [-0.3, -0.25) is 9.69 Å². The second-order valence-electron chi connectivity index (χ2n) is 5.35. The van der Waals surface area contributed by atoms with Gasteiger partial charge in [0.2, 0.25) is 5.91 Å². The van der Waals surface area contributed by atoms with Crippen LogP contribution in [-0.2, 0) is 4.79 Å². The van der Waals surface area contributed by atoms with Crippen molar-refractivity contribution in [3.05, 3.63) is 0 Å². The maximum Gasteiger partial charge on any atom is 0.234 e. The number of aliphatic hydroxyl groups excluding tert-OH is 1. The molecular weight excluding hydrogens is 216 g/mol. The largest absolute Gasteiger partial charge is 0.395 e. The summed E-state index contributed by atoms with van der Waals surface area (Å²) in [7, 11) is 0. The molecule has 0 aromatic heterocycles. The van der Waals surface area contributed by atoms with Crippen LogP contribution >= 0.6 is 0 Å². The molecule has 1 saturated heterocycles. The van der Waals surface area contributed by atoms with Crippen LogP contribution in [0.1, 0.15) is 44.9 Å². The van der Waals surface area contributed by atoms with Gasteiger partial charge in [-0.15, -0.1) is 0 Å². The molecule has 1 amide bonds. The maximum absolute atomic E-state index is 11.9. The minimum Gasteiger partial charge on any atom is -0.395 e. The first kappa shape index (κ1) is 12.8. The van der Waals surface area contributed by atoms with Crippen molar-refractivity contribution in [3.8, 4) is 0 Å². The highest BCUT2D eigenvalue weighted by atomic mass is 16.3. The molecule has 2 aliphatic rings. The molecule has 0 spiro atoms. The number of hydrogen-bond acceptors (Lipinski definition) is 3. The van der Waals surface area contributed by atoms with Gasteiger partial charge in [0.15, 0.2) is 0 Å². The lowest BCUT2D eigenvalue weighted by atomic mass is 9.95. The van der Waals surface area contributed by atoms with Crippen molar-refractivity contribution in [1.82, 2.24) is 10.2 Å². The number of aliphatic hydroxyl groups is 1. The fraction of sp³-hybridized carbons (Fsp3) is 0.923. The number of carbonyl (C=O) groups is 1. The van der Waals surface area contributed by atoms with Crippen LogP contribution in [0.4, 0.5) is 0 Å². The van der Waals surface area contributed by atoms with Crippen molar-refractivity contribution >= 4 is 5.91 Å². The predicted molar refractivity (Wildman–Crippen MR) is 66.7 cm³/mol. The fourth-order valence-corrected chi connectivity index (χ4v) is 3.01. The lowest BCUT2D eigenvalue weighted by molar-refractivity contribution is -0.123. The van der Waals surface area contributed by atoms with E-state index in [4.69, 9.17) is 0 Å². The monoisotopic (exact) mass is 240 g/mol. The topological polar surface area (TPSA) is 52.6 Å². The Labute approximate surface area is 103 Å². The first-order valence-corrected chi connectivity index (χ1v) is 6.94. The molecule has 98 valence electrons. The second kappa shape index (κ2) is 6.36. The number of nitrogens with one attached hydrogen (secondary N) is 1. The Kier molecular flexibility index (Phi) is 4.80. The third-order valence-electron chi connectivity index (χ3n) is 4.03. The van der Waals surface area contributed by atoms with E-state index in [1.165, 1.54) is 19.3 Å². The van der Waals surface area contributed by atoms with E-state index < -0.39 is 0 Å². The zero-order valence-electron chi connectivity index (χ0n) is 10.5. The van der Waals surface area contributed by atoms with Gasteiger partial charge in [0.1, 0.15) is 0 Å². The van der Waals surface area contributed by atoms with Gasteiger partial charge in [-0.2, -0.15) is 0 Å². The van der Waals surface area contributed by atoms with Gasteiger partial charge >= 0.3 is 0 Å². The Balaban J connectivity index is 1.72. The summed E-state index contributed by atoms with van der Waals surface area (Å²) in [4.78, 5) is 14.0. The van der Waals surface area contributed by atoms with Crippen LogP contribution in [0, 0.1) is 0 Å². The molecule has 1 atom stereocenters. The molecule has 1 aliphatic heterocycles. The molecule has 0 aromatic carbocycles. The van der Waals surface area contributed by atoms with Crippen molar-refractivity contribution in [2.75, 3.05) is 19.7 Å². The molecule has 4 heteroatoms. The van der Waals surface area contributed by atoms with E-state index >= 15 is 0 Å². The molecule has 2 fully saturated rings. The summed E-state index contributed by atoms with van der Waals surface area (Å²) in [6.07, 6.45) is 8.19. The summed E-state index contributed by atoms with van der Waals surface area (Å²) in [5.74, 6) is 0.136. The molecule has 1 heterocycles. The summed E-state index contributed by atoms with van der Waals surface area (Å²) in [6, 6.07) is 0.596. The lowest BCUT2D eigenvalue weighted by Gasteiger charge is -2.26. The standard InChI is InChI=1S/C13H24N2O2/c16-10-12-7-4-8-15(12)9-13(17)14-11-5-2-1-3-6-11/h11-12,16H,1-10H2,(H,14,17). The molecule has 2 N–H and O–H groups in total. The number of hydrogen-bond donors (Lipinski definition) is 2. The van der Waals surface area contributed by atoms with Crippen molar-refractivity contribution in [2.45, 2.75) is 57.0 Å². The van der Waals surface area contributed by atoms with E-state index in [-0.39, 0.29) is 18.6 Å². The number of nitrogens with zero attached hydrogens (tertiary/aromatic N) is 1.